The first-order valence-electron chi connectivity index (χ1n) is 5.62. The fourth-order valence-corrected chi connectivity index (χ4v) is 2.41. The van der Waals surface area contributed by atoms with Gasteiger partial charge >= 0.3 is 6.18 Å². The molecule has 2 unspecified atom stereocenters. The third kappa shape index (κ3) is 4.01. The van der Waals surface area contributed by atoms with E-state index in [1.807, 2.05) is 6.92 Å². The fraction of sp³-hybridized carbons (Fsp3) is 1.00. The molecule has 1 fully saturated rings. The minimum absolute atomic E-state index is 0.0791. The first kappa shape index (κ1) is 12.8. The van der Waals surface area contributed by atoms with Crippen LogP contribution in [0.4, 0.5) is 13.2 Å². The zero-order valence-corrected chi connectivity index (χ0v) is 9.64. The lowest BCUT2D eigenvalue weighted by Gasteiger charge is -2.30. The molecule has 0 aromatic rings. The van der Waals surface area contributed by atoms with Crippen LogP contribution in [0.1, 0.15) is 40.0 Å². The molecule has 4 heteroatoms. The molecule has 0 spiro atoms. The molecule has 1 nitrogen and oxygen atoms in total. The molecule has 1 aliphatic rings. The maximum atomic E-state index is 12.3. The van der Waals surface area contributed by atoms with Gasteiger partial charge in [-0.05, 0) is 32.1 Å². The number of likely N-dealkylation sites (tertiary alicyclic amines) is 1. The second kappa shape index (κ2) is 4.73. The summed E-state index contributed by atoms with van der Waals surface area (Å²) in [5.41, 5.74) is 0. The van der Waals surface area contributed by atoms with Crippen molar-refractivity contribution in [2.45, 2.75) is 58.3 Å². The number of hydrogen-bond donors (Lipinski definition) is 0. The molecule has 90 valence electrons. The number of nitrogens with zero attached hydrogens (tertiary/aromatic N) is 1. The van der Waals surface area contributed by atoms with E-state index in [1.54, 1.807) is 4.90 Å². The Morgan fingerprint density at radius 2 is 1.87 bits per heavy atom. The Balaban J connectivity index is 2.56. The van der Waals surface area contributed by atoms with Crippen molar-refractivity contribution in [3.8, 4) is 0 Å². The molecule has 1 heterocycles. The number of rotatable bonds is 3. The van der Waals surface area contributed by atoms with Gasteiger partial charge in [0.15, 0.2) is 0 Å². The molecule has 0 aromatic heterocycles. The van der Waals surface area contributed by atoms with E-state index in [-0.39, 0.29) is 12.1 Å². The maximum absolute atomic E-state index is 12.3. The summed E-state index contributed by atoms with van der Waals surface area (Å²) >= 11 is 0. The van der Waals surface area contributed by atoms with Gasteiger partial charge in [-0.3, -0.25) is 4.90 Å². The summed E-state index contributed by atoms with van der Waals surface area (Å²) in [5.74, 6) is 0.469. The monoisotopic (exact) mass is 223 g/mol. The van der Waals surface area contributed by atoms with Gasteiger partial charge in [0, 0.05) is 12.1 Å². The zero-order valence-electron chi connectivity index (χ0n) is 9.64. The van der Waals surface area contributed by atoms with Gasteiger partial charge in [-0.2, -0.15) is 13.2 Å². The lowest BCUT2D eigenvalue weighted by molar-refractivity contribution is -0.152. The van der Waals surface area contributed by atoms with Crippen LogP contribution in [0, 0.1) is 5.92 Å². The van der Waals surface area contributed by atoms with Crippen LogP contribution >= 0.6 is 0 Å². The Morgan fingerprint density at radius 3 is 2.33 bits per heavy atom. The van der Waals surface area contributed by atoms with E-state index in [4.69, 9.17) is 0 Å². The van der Waals surface area contributed by atoms with Crippen LogP contribution in [0.25, 0.3) is 0 Å². The Morgan fingerprint density at radius 1 is 1.27 bits per heavy atom. The average molecular weight is 223 g/mol. The first-order chi connectivity index (χ1) is 6.79. The summed E-state index contributed by atoms with van der Waals surface area (Å²) in [6.07, 6.45) is -1.38. The van der Waals surface area contributed by atoms with Crippen LogP contribution in [0.2, 0.25) is 0 Å². The van der Waals surface area contributed by atoms with Gasteiger partial charge < -0.3 is 0 Å². The highest BCUT2D eigenvalue weighted by atomic mass is 19.4. The van der Waals surface area contributed by atoms with Gasteiger partial charge in [-0.25, -0.2) is 0 Å². The molecule has 0 radical (unpaired) electrons. The van der Waals surface area contributed by atoms with Crippen molar-refractivity contribution in [3.05, 3.63) is 0 Å². The van der Waals surface area contributed by atoms with E-state index in [2.05, 4.69) is 13.8 Å². The van der Waals surface area contributed by atoms with Gasteiger partial charge in [0.1, 0.15) is 0 Å². The van der Waals surface area contributed by atoms with Crippen LogP contribution in [0.5, 0.6) is 0 Å². The van der Waals surface area contributed by atoms with Crippen molar-refractivity contribution in [3.63, 3.8) is 0 Å². The van der Waals surface area contributed by atoms with E-state index >= 15 is 0 Å². The minimum atomic E-state index is -4.06. The smallest absolute Gasteiger partial charge is 0.289 e. The average Bonchev–Trinajstić information content (AvgIpc) is 2.32. The fourth-order valence-electron chi connectivity index (χ4n) is 2.41. The van der Waals surface area contributed by atoms with Crippen molar-refractivity contribution < 1.29 is 13.2 Å². The van der Waals surface area contributed by atoms with E-state index in [0.717, 1.165) is 19.3 Å². The quantitative estimate of drug-likeness (QED) is 0.708. The van der Waals surface area contributed by atoms with E-state index in [0.29, 0.717) is 5.92 Å². The second-order valence-electron chi connectivity index (χ2n) is 5.00. The molecule has 0 aliphatic carbocycles. The van der Waals surface area contributed by atoms with Crippen molar-refractivity contribution in [2.24, 2.45) is 5.92 Å². The molecule has 0 amide bonds. The van der Waals surface area contributed by atoms with Crippen LogP contribution in [0.15, 0.2) is 0 Å². The summed E-state index contributed by atoms with van der Waals surface area (Å²) in [4.78, 5) is 1.62. The molecule has 2 atom stereocenters. The zero-order chi connectivity index (χ0) is 11.6. The summed E-state index contributed by atoms with van der Waals surface area (Å²) in [6.45, 7) is 5.28. The summed E-state index contributed by atoms with van der Waals surface area (Å²) < 4.78 is 37.0. The van der Waals surface area contributed by atoms with Crippen molar-refractivity contribution in [2.75, 3.05) is 6.54 Å². The Bertz CT molecular complexity index is 200. The number of halogens is 3. The van der Waals surface area contributed by atoms with Crippen LogP contribution in [-0.4, -0.2) is 29.7 Å². The summed E-state index contributed by atoms with van der Waals surface area (Å²) in [7, 11) is 0. The van der Waals surface area contributed by atoms with Gasteiger partial charge in [-0.15, -0.1) is 0 Å². The standard InChI is InChI=1S/C11H20F3N/c1-8(2)6-10-5-4-9(3)15(10)7-11(12,13)14/h8-10H,4-7H2,1-3H3. The van der Waals surface area contributed by atoms with Gasteiger partial charge in [0.2, 0.25) is 0 Å². The largest absolute Gasteiger partial charge is 0.401 e. The third-order valence-electron chi connectivity index (χ3n) is 3.06. The van der Waals surface area contributed by atoms with E-state index in [9.17, 15) is 13.2 Å². The number of alkyl halides is 3. The summed E-state index contributed by atoms with van der Waals surface area (Å²) in [6, 6.07) is 0.206. The Hall–Kier alpha value is -0.250. The molecule has 0 bridgehead atoms. The highest BCUT2D eigenvalue weighted by Gasteiger charge is 2.39. The van der Waals surface area contributed by atoms with E-state index in [1.165, 1.54) is 0 Å². The normalized spacial score (nSPS) is 29.0. The predicted octanol–water partition coefficient (Wildman–Crippen LogP) is 3.45. The highest BCUT2D eigenvalue weighted by molar-refractivity contribution is 4.86. The molecule has 15 heavy (non-hydrogen) atoms. The molecular weight excluding hydrogens is 203 g/mol. The molecule has 0 N–H and O–H groups in total. The van der Waals surface area contributed by atoms with Gasteiger partial charge in [0.25, 0.3) is 0 Å². The minimum Gasteiger partial charge on any atom is -0.289 e. The second-order valence-corrected chi connectivity index (χ2v) is 5.00. The van der Waals surface area contributed by atoms with Gasteiger partial charge in [-0.1, -0.05) is 13.8 Å². The molecule has 1 saturated heterocycles. The predicted molar refractivity (Wildman–Crippen MR) is 54.7 cm³/mol. The molecule has 0 aromatic carbocycles. The third-order valence-corrected chi connectivity index (χ3v) is 3.06. The molecular formula is C11H20F3N. The molecule has 1 aliphatic heterocycles. The summed E-state index contributed by atoms with van der Waals surface area (Å²) in [5, 5.41) is 0. The Labute approximate surface area is 89.6 Å². The Kier molecular flexibility index (Phi) is 4.04. The van der Waals surface area contributed by atoms with Crippen LogP contribution in [0.3, 0.4) is 0 Å². The first-order valence-corrected chi connectivity index (χ1v) is 5.62. The van der Waals surface area contributed by atoms with Crippen molar-refractivity contribution in [1.29, 1.82) is 0 Å². The lowest BCUT2D eigenvalue weighted by Crippen LogP contribution is -2.42. The number of hydrogen-bond acceptors (Lipinski definition) is 1. The van der Waals surface area contributed by atoms with Gasteiger partial charge in [0.05, 0.1) is 6.54 Å². The van der Waals surface area contributed by atoms with Crippen LogP contribution < -0.4 is 0 Å². The SMILES string of the molecule is CC(C)CC1CCC(C)N1CC(F)(F)F. The van der Waals surface area contributed by atoms with Crippen molar-refractivity contribution >= 4 is 0 Å². The topological polar surface area (TPSA) is 3.24 Å². The van der Waals surface area contributed by atoms with Crippen LogP contribution in [-0.2, 0) is 0 Å². The van der Waals surface area contributed by atoms with Crippen molar-refractivity contribution in [1.82, 2.24) is 4.90 Å². The van der Waals surface area contributed by atoms with E-state index < -0.39 is 12.7 Å². The molecule has 1 rings (SSSR count). The highest BCUT2D eigenvalue weighted by Crippen LogP contribution is 2.31. The lowest BCUT2D eigenvalue weighted by atomic mass is 10.0. The maximum Gasteiger partial charge on any atom is 0.401 e. The molecule has 0 saturated carbocycles.